The zero-order valence-electron chi connectivity index (χ0n) is 14.7. The van der Waals surface area contributed by atoms with Crippen LogP contribution in [-0.2, 0) is 6.54 Å². The van der Waals surface area contributed by atoms with Crippen LogP contribution in [0, 0.1) is 0 Å². The number of anilines is 1. The minimum atomic E-state index is 0.386. The fourth-order valence-corrected chi connectivity index (χ4v) is 3.94. The summed E-state index contributed by atoms with van der Waals surface area (Å²) in [6.07, 6.45) is 3.65. The lowest BCUT2D eigenvalue weighted by Crippen LogP contribution is -2.08. The van der Waals surface area contributed by atoms with Gasteiger partial charge >= 0.3 is 0 Å². The first-order valence-electron chi connectivity index (χ1n) is 8.12. The SMILES string of the molecule is C=C(C)CCCn1cnc(N)c2nc(Sc3cc(Br)ccc3OC)nc1-2. The largest absolute Gasteiger partial charge is 0.496 e. The van der Waals surface area contributed by atoms with Crippen molar-refractivity contribution in [2.75, 3.05) is 12.8 Å². The summed E-state index contributed by atoms with van der Waals surface area (Å²) >= 11 is 4.92. The summed E-state index contributed by atoms with van der Waals surface area (Å²) in [5, 5.41) is 0.616. The van der Waals surface area contributed by atoms with Crippen molar-refractivity contribution in [3.05, 3.63) is 41.2 Å². The molecule has 0 radical (unpaired) electrons. The van der Waals surface area contributed by atoms with Gasteiger partial charge in [0.15, 0.2) is 22.5 Å². The molecule has 0 spiro atoms. The van der Waals surface area contributed by atoms with Crippen LogP contribution in [0.3, 0.4) is 0 Å². The molecule has 0 saturated heterocycles. The molecule has 0 unspecified atom stereocenters. The number of aryl methyl sites for hydroxylation is 1. The summed E-state index contributed by atoms with van der Waals surface area (Å²) in [7, 11) is 1.65. The molecule has 136 valence electrons. The number of hydrogen-bond acceptors (Lipinski definition) is 6. The van der Waals surface area contributed by atoms with Gasteiger partial charge in [0, 0.05) is 11.0 Å². The van der Waals surface area contributed by atoms with Crippen molar-refractivity contribution >= 4 is 33.5 Å². The molecule has 8 heteroatoms. The molecule has 3 rings (SSSR count). The molecule has 6 nitrogen and oxygen atoms in total. The summed E-state index contributed by atoms with van der Waals surface area (Å²) in [6.45, 7) is 6.77. The second kappa shape index (κ2) is 8.09. The van der Waals surface area contributed by atoms with E-state index in [4.69, 9.17) is 10.5 Å². The van der Waals surface area contributed by atoms with Crippen molar-refractivity contribution in [1.82, 2.24) is 19.5 Å². The van der Waals surface area contributed by atoms with E-state index in [2.05, 4.69) is 37.5 Å². The lowest BCUT2D eigenvalue weighted by molar-refractivity contribution is 0.404. The summed E-state index contributed by atoms with van der Waals surface area (Å²) in [5.74, 6) is 1.90. The van der Waals surface area contributed by atoms with Crippen molar-refractivity contribution in [3.8, 4) is 17.3 Å². The normalized spacial score (nSPS) is 11.0. The van der Waals surface area contributed by atoms with Crippen LogP contribution in [0.5, 0.6) is 5.75 Å². The van der Waals surface area contributed by atoms with Crippen LogP contribution >= 0.6 is 27.7 Å². The number of nitrogens with zero attached hydrogens (tertiary/aromatic N) is 4. The van der Waals surface area contributed by atoms with Crippen LogP contribution in [0.4, 0.5) is 5.82 Å². The lowest BCUT2D eigenvalue weighted by atomic mass is 10.2. The van der Waals surface area contributed by atoms with E-state index in [-0.39, 0.29) is 0 Å². The van der Waals surface area contributed by atoms with Gasteiger partial charge in [0.25, 0.3) is 0 Å². The van der Waals surface area contributed by atoms with Crippen molar-refractivity contribution in [3.63, 3.8) is 0 Å². The van der Waals surface area contributed by atoms with Crippen molar-refractivity contribution in [2.45, 2.75) is 36.4 Å². The third-order valence-electron chi connectivity index (χ3n) is 3.80. The van der Waals surface area contributed by atoms with Gasteiger partial charge in [0.1, 0.15) is 5.75 Å². The molecule has 2 aliphatic rings. The number of hydrogen-bond donors (Lipinski definition) is 1. The van der Waals surface area contributed by atoms with Gasteiger partial charge in [-0.1, -0.05) is 21.5 Å². The highest BCUT2D eigenvalue weighted by Crippen LogP contribution is 2.37. The zero-order chi connectivity index (χ0) is 18.7. The number of rotatable bonds is 7. The van der Waals surface area contributed by atoms with Gasteiger partial charge in [-0.25, -0.2) is 15.0 Å². The average molecular weight is 434 g/mol. The maximum atomic E-state index is 6.01. The second-order valence-corrected chi connectivity index (χ2v) is 7.88. The van der Waals surface area contributed by atoms with Crippen LogP contribution in [0.25, 0.3) is 11.5 Å². The van der Waals surface area contributed by atoms with Gasteiger partial charge in [0.2, 0.25) is 0 Å². The zero-order valence-corrected chi connectivity index (χ0v) is 17.1. The Labute approximate surface area is 165 Å². The quantitative estimate of drug-likeness (QED) is 0.546. The number of methoxy groups -OCH3 is 1. The average Bonchev–Trinajstić information content (AvgIpc) is 3.02. The van der Waals surface area contributed by atoms with Gasteiger partial charge in [-0.15, -0.1) is 6.58 Å². The summed E-state index contributed by atoms with van der Waals surface area (Å²) in [5.41, 5.74) is 7.79. The van der Waals surface area contributed by atoms with E-state index in [1.54, 1.807) is 13.4 Å². The number of halogens is 1. The van der Waals surface area contributed by atoms with Gasteiger partial charge < -0.3 is 15.0 Å². The Morgan fingerprint density at radius 2 is 2.19 bits per heavy atom. The molecule has 0 aliphatic carbocycles. The molecule has 2 N–H and O–H groups in total. The van der Waals surface area contributed by atoms with E-state index < -0.39 is 0 Å². The smallest absolute Gasteiger partial charge is 0.195 e. The fourth-order valence-electron chi connectivity index (χ4n) is 2.52. The van der Waals surface area contributed by atoms with Crippen LogP contribution in [0.1, 0.15) is 19.8 Å². The van der Waals surface area contributed by atoms with Crippen molar-refractivity contribution in [2.24, 2.45) is 0 Å². The molecule has 0 saturated carbocycles. The number of fused-ring (bicyclic) bond motifs is 1. The first-order chi connectivity index (χ1) is 12.5. The summed E-state index contributed by atoms with van der Waals surface area (Å²) in [4.78, 5) is 14.4. The van der Waals surface area contributed by atoms with Gasteiger partial charge in [-0.2, -0.15) is 0 Å². The van der Waals surface area contributed by atoms with Gasteiger partial charge in [0.05, 0.1) is 18.3 Å². The molecule has 1 aromatic rings. The number of aromatic nitrogens is 4. The van der Waals surface area contributed by atoms with E-state index in [9.17, 15) is 0 Å². The topological polar surface area (TPSA) is 78.9 Å². The molecule has 0 bridgehead atoms. The first kappa shape index (κ1) is 18.7. The second-order valence-electron chi connectivity index (χ2n) is 5.96. The highest BCUT2D eigenvalue weighted by atomic mass is 79.9. The number of nitrogens with two attached hydrogens (primary N) is 1. The Morgan fingerprint density at radius 3 is 2.92 bits per heavy atom. The standard InChI is InChI=1S/C18H20BrN5OS/c1-11(2)5-4-8-24-10-21-16(20)15-17(24)23-18(22-15)26-14-9-12(19)6-7-13(14)25-3/h6-7,9-10H,1,4-5,8,20H2,2-3H3. The minimum Gasteiger partial charge on any atom is -0.496 e. The molecule has 26 heavy (non-hydrogen) atoms. The third kappa shape index (κ3) is 4.19. The van der Waals surface area contributed by atoms with E-state index in [0.29, 0.717) is 16.7 Å². The minimum absolute atomic E-state index is 0.386. The van der Waals surface area contributed by atoms with E-state index in [0.717, 1.165) is 45.9 Å². The van der Waals surface area contributed by atoms with E-state index >= 15 is 0 Å². The Kier molecular flexibility index (Phi) is 5.83. The van der Waals surface area contributed by atoms with Gasteiger partial charge in [-0.3, -0.25) is 0 Å². The molecule has 0 fully saturated rings. The number of ether oxygens (including phenoxy) is 1. The molecular weight excluding hydrogens is 414 g/mol. The van der Waals surface area contributed by atoms with Crippen LogP contribution in [-0.4, -0.2) is 26.6 Å². The summed E-state index contributed by atoms with van der Waals surface area (Å²) in [6, 6.07) is 5.82. The Hall–Kier alpha value is -2.06. The summed E-state index contributed by atoms with van der Waals surface area (Å²) < 4.78 is 8.38. The van der Waals surface area contributed by atoms with Crippen LogP contribution in [0.15, 0.2) is 51.2 Å². The fraction of sp³-hybridized carbons (Fsp3) is 0.278. The highest BCUT2D eigenvalue weighted by Gasteiger charge is 2.20. The Balaban J connectivity index is 1.91. The third-order valence-corrected chi connectivity index (χ3v) is 5.20. The maximum absolute atomic E-state index is 6.01. The molecule has 0 atom stereocenters. The number of imidazole rings is 1. The maximum Gasteiger partial charge on any atom is 0.195 e. The van der Waals surface area contributed by atoms with Crippen LogP contribution in [0.2, 0.25) is 0 Å². The predicted molar refractivity (Wildman–Crippen MR) is 108 cm³/mol. The lowest BCUT2D eigenvalue weighted by Gasteiger charge is -2.10. The Bertz CT molecular complexity index is 911. The molecule has 2 aliphatic heterocycles. The molecule has 2 heterocycles. The number of benzene rings is 1. The molecule has 0 aromatic heterocycles. The Morgan fingerprint density at radius 1 is 1.38 bits per heavy atom. The monoisotopic (exact) mass is 433 g/mol. The van der Waals surface area contributed by atoms with E-state index in [1.807, 2.05) is 29.7 Å². The molecule has 0 amide bonds. The van der Waals surface area contributed by atoms with Crippen molar-refractivity contribution < 1.29 is 4.74 Å². The first-order valence-corrected chi connectivity index (χ1v) is 9.73. The molecular formula is C18H20BrN5OS. The molecule has 1 aromatic carbocycles. The number of allylic oxidation sites excluding steroid dienone is 1. The number of nitrogen functional groups attached to an aromatic ring is 1. The van der Waals surface area contributed by atoms with E-state index in [1.165, 1.54) is 11.8 Å². The van der Waals surface area contributed by atoms with Crippen molar-refractivity contribution in [1.29, 1.82) is 0 Å². The highest BCUT2D eigenvalue weighted by molar-refractivity contribution is 9.10. The van der Waals surface area contributed by atoms with Gasteiger partial charge in [-0.05, 0) is 49.7 Å². The predicted octanol–water partition coefficient (Wildman–Crippen LogP) is 4.64. The van der Waals surface area contributed by atoms with Crippen LogP contribution < -0.4 is 10.5 Å².